The van der Waals surface area contributed by atoms with Gasteiger partial charge in [0.05, 0.1) is 17.2 Å². The number of ketones is 1. The number of hydrogen-bond acceptors (Lipinski definition) is 5. The van der Waals surface area contributed by atoms with Crippen molar-refractivity contribution in [2.45, 2.75) is 18.8 Å². The third-order valence-electron chi connectivity index (χ3n) is 6.07. The third kappa shape index (κ3) is 4.60. The first-order valence-corrected chi connectivity index (χ1v) is 11.7. The van der Waals surface area contributed by atoms with Crippen LogP contribution in [-0.2, 0) is 17.5 Å². The highest BCUT2D eigenvalue weighted by molar-refractivity contribution is 9.10. The van der Waals surface area contributed by atoms with E-state index in [-0.39, 0.29) is 29.2 Å². The molecule has 1 amide bonds. The van der Waals surface area contributed by atoms with Gasteiger partial charge in [0.2, 0.25) is 5.78 Å². The lowest BCUT2D eigenvalue weighted by atomic mass is 9.94. The van der Waals surface area contributed by atoms with Crippen molar-refractivity contribution in [3.63, 3.8) is 0 Å². The number of carbonyl (C=O) groups is 2. The number of hydrogen-bond donors (Lipinski definition) is 2. The number of alkyl halides is 3. The van der Waals surface area contributed by atoms with Gasteiger partial charge >= 0.3 is 6.18 Å². The molecule has 5 rings (SSSR count). The highest BCUT2D eigenvalue weighted by Crippen LogP contribution is 2.41. The monoisotopic (exact) mass is 571 g/mol. The molecule has 0 saturated heterocycles. The standard InChI is InChI=1S/C27H17BrF3NO5/c28-18-6-9-20-16(11-18)12-21(37-20)24(34)22-23(15-4-7-19(33)8-5-15)32(26(36)25(22)35)13-14-2-1-3-17(10-14)27(29,30)31/h1-12,23,33,35H,13H2. The van der Waals surface area contributed by atoms with Crippen molar-refractivity contribution in [1.29, 1.82) is 0 Å². The van der Waals surface area contributed by atoms with Gasteiger partial charge in [0.15, 0.2) is 11.5 Å². The van der Waals surface area contributed by atoms with Crippen LogP contribution in [-0.4, -0.2) is 26.8 Å². The molecule has 0 spiro atoms. The average molecular weight is 572 g/mol. The fraction of sp³-hybridized carbons (Fsp3) is 0.111. The molecule has 0 saturated carbocycles. The second-order valence-electron chi connectivity index (χ2n) is 8.51. The minimum atomic E-state index is -4.58. The predicted octanol–water partition coefficient (Wildman–Crippen LogP) is 6.70. The van der Waals surface area contributed by atoms with E-state index < -0.39 is 35.2 Å². The van der Waals surface area contributed by atoms with E-state index in [0.29, 0.717) is 16.5 Å². The van der Waals surface area contributed by atoms with E-state index in [9.17, 15) is 33.0 Å². The largest absolute Gasteiger partial charge is 0.508 e. The molecule has 1 unspecified atom stereocenters. The number of fused-ring (bicyclic) bond motifs is 1. The zero-order valence-corrected chi connectivity index (χ0v) is 20.4. The fourth-order valence-electron chi connectivity index (χ4n) is 4.35. The summed E-state index contributed by atoms with van der Waals surface area (Å²) < 4.78 is 46.2. The van der Waals surface area contributed by atoms with Gasteiger partial charge in [-0.05, 0) is 59.7 Å². The smallest absolute Gasteiger partial charge is 0.416 e. The van der Waals surface area contributed by atoms with E-state index >= 15 is 0 Å². The Hall–Kier alpha value is -4.05. The fourth-order valence-corrected chi connectivity index (χ4v) is 4.73. The van der Waals surface area contributed by atoms with E-state index in [1.807, 2.05) is 0 Å². The summed E-state index contributed by atoms with van der Waals surface area (Å²) in [6.45, 7) is -0.317. The minimum absolute atomic E-state index is 0.0681. The number of rotatable bonds is 5. The van der Waals surface area contributed by atoms with E-state index in [1.54, 1.807) is 18.2 Å². The Morgan fingerprint density at radius 2 is 1.73 bits per heavy atom. The Morgan fingerprint density at radius 3 is 2.43 bits per heavy atom. The summed E-state index contributed by atoms with van der Waals surface area (Å²) in [6, 6.07) is 15.6. The highest BCUT2D eigenvalue weighted by atomic mass is 79.9. The quantitative estimate of drug-likeness (QED) is 0.260. The van der Waals surface area contributed by atoms with E-state index in [1.165, 1.54) is 42.5 Å². The van der Waals surface area contributed by atoms with Gasteiger partial charge in [-0.1, -0.05) is 40.2 Å². The topological polar surface area (TPSA) is 91.0 Å². The van der Waals surface area contributed by atoms with Crippen molar-refractivity contribution < 1.29 is 37.4 Å². The van der Waals surface area contributed by atoms with E-state index in [0.717, 1.165) is 21.5 Å². The molecule has 3 aromatic carbocycles. The van der Waals surface area contributed by atoms with Gasteiger partial charge in [0, 0.05) is 16.4 Å². The number of phenols is 1. The summed E-state index contributed by atoms with van der Waals surface area (Å²) >= 11 is 3.35. The molecule has 188 valence electrons. The first-order chi connectivity index (χ1) is 17.5. The molecule has 0 aliphatic carbocycles. The van der Waals surface area contributed by atoms with Crippen molar-refractivity contribution in [1.82, 2.24) is 4.90 Å². The highest BCUT2D eigenvalue weighted by Gasteiger charge is 2.44. The van der Waals surface area contributed by atoms with Crippen LogP contribution in [0.4, 0.5) is 13.2 Å². The molecule has 4 aromatic rings. The first kappa shape index (κ1) is 24.6. The number of aliphatic hydroxyl groups is 1. The molecular formula is C27H17BrF3NO5. The van der Waals surface area contributed by atoms with Crippen LogP contribution in [0.25, 0.3) is 11.0 Å². The Balaban J connectivity index is 1.58. The number of nitrogens with zero attached hydrogens (tertiary/aromatic N) is 1. The number of Topliss-reactive ketones (excluding diaryl/α,β-unsaturated/α-hetero) is 1. The van der Waals surface area contributed by atoms with Gasteiger partial charge < -0.3 is 19.5 Å². The van der Waals surface area contributed by atoms with Crippen LogP contribution in [0.3, 0.4) is 0 Å². The molecule has 2 N–H and O–H groups in total. The molecule has 1 aliphatic rings. The molecule has 0 bridgehead atoms. The number of furan rings is 1. The number of aliphatic hydroxyl groups excluding tert-OH is 1. The maximum atomic E-state index is 13.6. The Bertz CT molecular complexity index is 1570. The van der Waals surface area contributed by atoms with Crippen LogP contribution in [0.2, 0.25) is 0 Å². The zero-order valence-electron chi connectivity index (χ0n) is 18.8. The molecule has 10 heteroatoms. The first-order valence-electron chi connectivity index (χ1n) is 11.0. The molecule has 1 atom stereocenters. The molecule has 1 aliphatic heterocycles. The average Bonchev–Trinajstić information content (AvgIpc) is 3.38. The lowest BCUT2D eigenvalue weighted by Gasteiger charge is -2.27. The van der Waals surface area contributed by atoms with Gasteiger partial charge in [-0.25, -0.2) is 0 Å². The number of aromatic hydroxyl groups is 1. The molecule has 0 fully saturated rings. The third-order valence-corrected chi connectivity index (χ3v) is 6.56. The minimum Gasteiger partial charge on any atom is -0.508 e. The van der Waals surface area contributed by atoms with Crippen LogP contribution in [0.1, 0.15) is 33.3 Å². The van der Waals surface area contributed by atoms with Gasteiger partial charge in [0.25, 0.3) is 5.91 Å². The van der Waals surface area contributed by atoms with Crippen molar-refractivity contribution in [3.05, 3.63) is 111 Å². The van der Waals surface area contributed by atoms with Gasteiger partial charge in [0.1, 0.15) is 11.3 Å². The maximum Gasteiger partial charge on any atom is 0.416 e. The molecule has 37 heavy (non-hydrogen) atoms. The lowest BCUT2D eigenvalue weighted by molar-refractivity contribution is -0.137. The van der Waals surface area contributed by atoms with Crippen LogP contribution in [0.15, 0.2) is 93.0 Å². The van der Waals surface area contributed by atoms with E-state index in [4.69, 9.17) is 4.42 Å². The molecule has 2 heterocycles. The summed E-state index contributed by atoms with van der Waals surface area (Å²) in [5, 5.41) is 21.2. The zero-order chi connectivity index (χ0) is 26.5. The summed E-state index contributed by atoms with van der Waals surface area (Å²) in [6.07, 6.45) is -4.58. The summed E-state index contributed by atoms with van der Waals surface area (Å²) in [4.78, 5) is 27.9. The SMILES string of the molecule is O=C(C1=C(O)C(=O)N(Cc2cccc(C(F)(F)F)c2)C1c1ccc(O)cc1)c1cc2cc(Br)ccc2o1. The summed E-state index contributed by atoms with van der Waals surface area (Å²) in [7, 11) is 0. The van der Waals surface area contributed by atoms with Gasteiger partial charge in [-0.15, -0.1) is 0 Å². The maximum absolute atomic E-state index is 13.6. The number of benzene rings is 3. The van der Waals surface area contributed by atoms with Crippen LogP contribution in [0, 0.1) is 0 Å². The van der Waals surface area contributed by atoms with Crippen LogP contribution in [0.5, 0.6) is 5.75 Å². The molecule has 0 radical (unpaired) electrons. The van der Waals surface area contributed by atoms with Crippen molar-refractivity contribution in [3.8, 4) is 5.75 Å². The summed E-state index contributed by atoms with van der Waals surface area (Å²) in [5.74, 6) is -2.68. The molecule has 1 aromatic heterocycles. The molecular weight excluding hydrogens is 555 g/mol. The normalized spacial score (nSPS) is 16.2. The van der Waals surface area contributed by atoms with E-state index in [2.05, 4.69) is 15.9 Å². The van der Waals surface area contributed by atoms with Crippen LogP contribution >= 0.6 is 15.9 Å². The second-order valence-corrected chi connectivity index (χ2v) is 9.43. The number of phenolic OH excluding ortho intramolecular Hbond substituents is 1. The number of halogens is 4. The van der Waals surface area contributed by atoms with Crippen molar-refractivity contribution in [2.24, 2.45) is 0 Å². The summed E-state index contributed by atoms with van der Waals surface area (Å²) in [5.41, 5.74) is -0.232. The van der Waals surface area contributed by atoms with Crippen LogP contribution < -0.4 is 0 Å². The Labute approximate surface area is 216 Å². The van der Waals surface area contributed by atoms with Gasteiger partial charge in [-0.3, -0.25) is 9.59 Å². The van der Waals surface area contributed by atoms with Crippen molar-refractivity contribution in [2.75, 3.05) is 0 Å². The number of carbonyl (C=O) groups excluding carboxylic acids is 2. The molecule has 6 nitrogen and oxygen atoms in total. The number of amides is 1. The lowest BCUT2D eigenvalue weighted by Crippen LogP contribution is -2.30. The van der Waals surface area contributed by atoms with Crippen molar-refractivity contribution >= 4 is 38.6 Å². The Morgan fingerprint density at radius 1 is 1.00 bits per heavy atom. The second kappa shape index (κ2) is 9.11. The predicted molar refractivity (Wildman–Crippen MR) is 131 cm³/mol. The Kier molecular flexibility index (Phi) is 6.07. The van der Waals surface area contributed by atoms with Gasteiger partial charge in [-0.2, -0.15) is 13.2 Å².